The lowest BCUT2D eigenvalue weighted by Gasteiger charge is -2.25. The minimum atomic E-state index is -4.11. The number of hydrogen-bond acceptors (Lipinski definition) is 3. The average molecular weight is 266 g/mol. The molecule has 1 unspecified atom stereocenters. The molecule has 0 radical (unpaired) electrons. The van der Waals surface area contributed by atoms with Crippen molar-refractivity contribution in [3.05, 3.63) is 0 Å². The van der Waals surface area contributed by atoms with Crippen LogP contribution in [0, 0.1) is 11.8 Å². The van der Waals surface area contributed by atoms with Crippen LogP contribution in [0.4, 0.5) is 13.2 Å². The molecule has 18 heavy (non-hydrogen) atoms. The summed E-state index contributed by atoms with van der Waals surface area (Å²) in [6.07, 6.45) is -1.63. The lowest BCUT2D eigenvalue weighted by molar-refractivity contribution is -0.176. The zero-order valence-electron chi connectivity index (χ0n) is 10.5. The normalized spacial score (nSPS) is 27.2. The van der Waals surface area contributed by atoms with Crippen molar-refractivity contribution in [3.63, 3.8) is 0 Å². The van der Waals surface area contributed by atoms with Crippen molar-refractivity contribution in [2.24, 2.45) is 11.8 Å². The van der Waals surface area contributed by atoms with Gasteiger partial charge in [-0.15, -0.1) is 0 Å². The fraction of sp³-hybridized carbons (Fsp3) is 1.00. The van der Waals surface area contributed by atoms with Gasteiger partial charge in [-0.25, -0.2) is 0 Å². The highest BCUT2D eigenvalue weighted by atomic mass is 19.4. The molecule has 0 aromatic rings. The third-order valence-corrected chi connectivity index (χ3v) is 3.54. The quantitative estimate of drug-likeness (QED) is 0.763. The maximum atomic E-state index is 12.7. The van der Waals surface area contributed by atoms with Crippen LogP contribution in [-0.4, -0.2) is 57.0 Å². The maximum Gasteiger partial charge on any atom is 0.394 e. The monoisotopic (exact) mass is 266 g/mol. The number of nitrogens with zero attached hydrogens (tertiary/aromatic N) is 1. The molecule has 0 bridgehead atoms. The number of ether oxygens (including phenoxy) is 1. The van der Waals surface area contributed by atoms with Gasteiger partial charge < -0.3 is 10.1 Å². The summed E-state index contributed by atoms with van der Waals surface area (Å²) in [5, 5.41) is 2.85. The highest BCUT2D eigenvalue weighted by Gasteiger charge is 2.40. The SMILES string of the molecule is FC(F)(F)C1CNCCN(CCOCC2CC2)C1. The number of hydrogen-bond donors (Lipinski definition) is 1. The first-order chi connectivity index (χ1) is 8.55. The predicted molar refractivity (Wildman–Crippen MR) is 62.4 cm³/mol. The van der Waals surface area contributed by atoms with Gasteiger partial charge in [0.25, 0.3) is 0 Å². The van der Waals surface area contributed by atoms with Gasteiger partial charge in [-0.1, -0.05) is 0 Å². The Bertz CT molecular complexity index is 256. The van der Waals surface area contributed by atoms with Gasteiger partial charge in [-0.2, -0.15) is 13.2 Å². The molecule has 2 aliphatic rings. The van der Waals surface area contributed by atoms with E-state index in [-0.39, 0.29) is 13.1 Å². The van der Waals surface area contributed by atoms with E-state index in [9.17, 15) is 13.2 Å². The van der Waals surface area contributed by atoms with Gasteiger partial charge in [0.05, 0.1) is 12.5 Å². The van der Waals surface area contributed by atoms with Crippen LogP contribution in [0.2, 0.25) is 0 Å². The molecule has 106 valence electrons. The Morgan fingerprint density at radius 3 is 2.72 bits per heavy atom. The van der Waals surface area contributed by atoms with Crippen molar-refractivity contribution in [2.45, 2.75) is 19.0 Å². The largest absolute Gasteiger partial charge is 0.394 e. The van der Waals surface area contributed by atoms with E-state index in [0.717, 1.165) is 6.61 Å². The molecule has 1 atom stereocenters. The van der Waals surface area contributed by atoms with Gasteiger partial charge in [0.15, 0.2) is 0 Å². The summed E-state index contributed by atoms with van der Waals surface area (Å²) in [6.45, 7) is 3.32. The van der Waals surface area contributed by atoms with Crippen LogP contribution in [0.5, 0.6) is 0 Å². The summed E-state index contributed by atoms with van der Waals surface area (Å²) in [7, 11) is 0. The lowest BCUT2D eigenvalue weighted by Crippen LogP contribution is -2.39. The summed E-state index contributed by atoms with van der Waals surface area (Å²) in [4.78, 5) is 1.85. The molecule has 2 fully saturated rings. The third kappa shape index (κ3) is 4.74. The van der Waals surface area contributed by atoms with Crippen molar-refractivity contribution in [3.8, 4) is 0 Å². The minimum absolute atomic E-state index is 0.0307. The van der Waals surface area contributed by atoms with Gasteiger partial charge in [0.2, 0.25) is 0 Å². The Morgan fingerprint density at radius 1 is 1.28 bits per heavy atom. The van der Waals surface area contributed by atoms with Gasteiger partial charge in [-0.3, -0.25) is 4.90 Å². The molecule has 1 N–H and O–H groups in total. The van der Waals surface area contributed by atoms with E-state index >= 15 is 0 Å². The van der Waals surface area contributed by atoms with Crippen molar-refractivity contribution < 1.29 is 17.9 Å². The van der Waals surface area contributed by atoms with Gasteiger partial charge >= 0.3 is 6.18 Å². The summed E-state index contributed by atoms with van der Waals surface area (Å²) in [6, 6.07) is 0. The number of rotatable bonds is 5. The first-order valence-corrected chi connectivity index (χ1v) is 6.63. The Balaban J connectivity index is 1.68. The lowest BCUT2D eigenvalue weighted by atomic mass is 10.1. The Kier molecular flexibility index (Phi) is 4.86. The second-order valence-electron chi connectivity index (χ2n) is 5.26. The Labute approximate surface area is 106 Å². The minimum Gasteiger partial charge on any atom is -0.380 e. The summed E-state index contributed by atoms with van der Waals surface area (Å²) in [5.41, 5.74) is 0. The van der Waals surface area contributed by atoms with E-state index in [4.69, 9.17) is 4.74 Å². The van der Waals surface area contributed by atoms with Crippen molar-refractivity contribution in [1.82, 2.24) is 10.2 Å². The van der Waals surface area contributed by atoms with E-state index in [2.05, 4.69) is 5.32 Å². The topological polar surface area (TPSA) is 24.5 Å². The van der Waals surface area contributed by atoms with E-state index in [1.165, 1.54) is 12.8 Å². The number of alkyl halides is 3. The second-order valence-corrected chi connectivity index (χ2v) is 5.26. The second kappa shape index (κ2) is 6.21. The molecular formula is C12H21F3N2O. The molecule has 0 aromatic heterocycles. The Morgan fingerprint density at radius 2 is 2.06 bits per heavy atom. The molecule has 0 amide bonds. The van der Waals surface area contributed by atoms with Crippen LogP contribution in [0.3, 0.4) is 0 Å². The molecule has 1 heterocycles. The van der Waals surface area contributed by atoms with Crippen LogP contribution in [0.1, 0.15) is 12.8 Å². The molecule has 1 saturated carbocycles. The third-order valence-electron chi connectivity index (χ3n) is 3.54. The number of nitrogens with one attached hydrogen (secondary N) is 1. The average Bonchev–Trinajstić information content (AvgIpc) is 3.10. The molecule has 1 saturated heterocycles. The molecule has 0 spiro atoms. The van der Waals surface area contributed by atoms with Crippen LogP contribution in [0.15, 0.2) is 0 Å². The zero-order valence-corrected chi connectivity index (χ0v) is 10.5. The van der Waals surface area contributed by atoms with Crippen LogP contribution < -0.4 is 5.32 Å². The predicted octanol–water partition coefficient (Wildman–Crippen LogP) is 1.50. The summed E-state index contributed by atoms with van der Waals surface area (Å²) < 4.78 is 43.6. The first-order valence-electron chi connectivity index (χ1n) is 6.63. The van der Waals surface area contributed by atoms with Crippen LogP contribution in [0.25, 0.3) is 0 Å². The molecular weight excluding hydrogens is 245 g/mol. The van der Waals surface area contributed by atoms with E-state index in [0.29, 0.717) is 32.2 Å². The van der Waals surface area contributed by atoms with Crippen molar-refractivity contribution >= 4 is 0 Å². The van der Waals surface area contributed by atoms with E-state index < -0.39 is 12.1 Å². The zero-order chi connectivity index (χ0) is 13.0. The Hall–Kier alpha value is -0.330. The van der Waals surface area contributed by atoms with E-state index in [1.807, 2.05) is 4.90 Å². The highest BCUT2D eigenvalue weighted by Crippen LogP contribution is 2.29. The fourth-order valence-electron chi connectivity index (χ4n) is 2.13. The standard InChI is InChI=1S/C12H21F3N2O/c13-12(14,15)11-7-16-3-4-17(8-11)5-6-18-9-10-1-2-10/h10-11,16H,1-9H2. The first kappa shape index (κ1) is 14.1. The number of halogens is 3. The molecule has 0 aromatic carbocycles. The summed E-state index contributed by atoms with van der Waals surface area (Å²) >= 11 is 0. The summed E-state index contributed by atoms with van der Waals surface area (Å²) in [5.74, 6) is -0.554. The smallest absolute Gasteiger partial charge is 0.380 e. The maximum absolute atomic E-state index is 12.7. The van der Waals surface area contributed by atoms with Crippen molar-refractivity contribution in [2.75, 3.05) is 45.9 Å². The molecule has 3 nitrogen and oxygen atoms in total. The molecule has 6 heteroatoms. The molecule has 1 aliphatic heterocycles. The highest BCUT2D eigenvalue weighted by molar-refractivity contribution is 4.78. The van der Waals surface area contributed by atoms with Gasteiger partial charge in [0.1, 0.15) is 0 Å². The van der Waals surface area contributed by atoms with Crippen LogP contribution >= 0.6 is 0 Å². The fourth-order valence-corrected chi connectivity index (χ4v) is 2.13. The van der Waals surface area contributed by atoms with Gasteiger partial charge in [0, 0.05) is 39.3 Å². The van der Waals surface area contributed by atoms with Crippen LogP contribution in [-0.2, 0) is 4.74 Å². The molecule has 2 rings (SSSR count). The van der Waals surface area contributed by atoms with Gasteiger partial charge in [-0.05, 0) is 18.8 Å². The van der Waals surface area contributed by atoms with E-state index in [1.54, 1.807) is 0 Å². The molecule has 1 aliphatic carbocycles. The van der Waals surface area contributed by atoms with Crippen molar-refractivity contribution in [1.29, 1.82) is 0 Å².